The van der Waals surface area contributed by atoms with Crippen molar-refractivity contribution in [3.05, 3.63) is 34.3 Å². The molecular weight excluding hydrogens is 284 g/mol. The molecule has 4 nitrogen and oxygen atoms in total. The number of carbonyl (C=O) groups excluding carboxylic acids is 1. The van der Waals surface area contributed by atoms with Crippen molar-refractivity contribution in [1.82, 2.24) is 10.8 Å². The number of hydrogen-bond donors (Lipinski definition) is 2. The van der Waals surface area contributed by atoms with Crippen LogP contribution in [-0.4, -0.2) is 25.6 Å². The highest BCUT2D eigenvalue weighted by Crippen LogP contribution is 2.11. The van der Waals surface area contributed by atoms with Gasteiger partial charge in [0.15, 0.2) is 0 Å². The second kappa shape index (κ2) is 6.14. The highest BCUT2D eigenvalue weighted by Gasteiger charge is 2.15. The Balaban J connectivity index is 1.77. The maximum Gasteiger partial charge on any atom is 0.274 e. The number of halogens is 1. The second-order valence-corrected chi connectivity index (χ2v) is 5.03. The van der Waals surface area contributed by atoms with Crippen molar-refractivity contribution < 1.29 is 9.63 Å². The van der Waals surface area contributed by atoms with E-state index >= 15 is 0 Å². The van der Waals surface area contributed by atoms with Crippen molar-refractivity contribution in [3.8, 4) is 0 Å². The Morgan fingerprint density at radius 2 is 2.47 bits per heavy atom. The number of hydrogen-bond acceptors (Lipinski definition) is 3. The molecule has 1 aliphatic heterocycles. The molecule has 1 aromatic carbocycles. The molecule has 1 fully saturated rings. The number of rotatable bonds is 4. The molecule has 2 N–H and O–H groups in total. The van der Waals surface area contributed by atoms with E-state index in [1.54, 1.807) is 12.1 Å². The first-order valence-electron chi connectivity index (χ1n) is 5.64. The van der Waals surface area contributed by atoms with Gasteiger partial charge in [-0.3, -0.25) is 9.63 Å². The van der Waals surface area contributed by atoms with Crippen LogP contribution in [0.15, 0.2) is 28.7 Å². The van der Waals surface area contributed by atoms with Crippen LogP contribution in [0.3, 0.4) is 0 Å². The Morgan fingerprint density at radius 1 is 1.59 bits per heavy atom. The van der Waals surface area contributed by atoms with E-state index in [-0.39, 0.29) is 5.91 Å². The lowest BCUT2D eigenvalue weighted by atomic mass is 10.1. The average Bonchev–Trinajstić information content (AvgIpc) is 2.82. The number of amides is 1. The van der Waals surface area contributed by atoms with Gasteiger partial charge in [0, 0.05) is 16.6 Å². The van der Waals surface area contributed by atoms with Gasteiger partial charge in [-0.2, -0.15) is 0 Å². The molecule has 2 rings (SSSR count). The summed E-state index contributed by atoms with van der Waals surface area (Å²) in [6.07, 6.45) is 1.10. The van der Waals surface area contributed by atoms with E-state index < -0.39 is 0 Å². The summed E-state index contributed by atoms with van der Waals surface area (Å²) in [5.41, 5.74) is 3.05. The van der Waals surface area contributed by atoms with Crippen LogP contribution >= 0.6 is 15.9 Å². The van der Waals surface area contributed by atoms with Crippen LogP contribution in [0, 0.1) is 5.92 Å². The molecule has 1 unspecified atom stereocenters. The van der Waals surface area contributed by atoms with Crippen LogP contribution in [0.1, 0.15) is 16.8 Å². The summed E-state index contributed by atoms with van der Waals surface area (Å²) in [7, 11) is 0. The minimum Gasteiger partial charge on any atom is -0.316 e. The summed E-state index contributed by atoms with van der Waals surface area (Å²) in [6, 6.07) is 7.21. The van der Waals surface area contributed by atoms with E-state index in [0.29, 0.717) is 18.1 Å². The smallest absolute Gasteiger partial charge is 0.274 e. The molecule has 0 aromatic heterocycles. The van der Waals surface area contributed by atoms with Gasteiger partial charge in [-0.1, -0.05) is 22.0 Å². The third kappa shape index (κ3) is 3.80. The zero-order valence-corrected chi connectivity index (χ0v) is 11.0. The van der Waals surface area contributed by atoms with Crippen LogP contribution in [0.25, 0.3) is 0 Å². The lowest BCUT2D eigenvalue weighted by Gasteiger charge is -2.09. The topological polar surface area (TPSA) is 50.4 Å². The van der Waals surface area contributed by atoms with Gasteiger partial charge < -0.3 is 5.32 Å². The summed E-state index contributed by atoms with van der Waals surface area (Å²) in [6.45, 7) is 2.56. The molecule has 0 radical (unpaired) electrons. The first-order chi connectivity index (χ1) is 8.25. The van der Waals surface area contributed by atoms with Crippen molar-refractivity contribution in [2.24, 2.45) is 5.92 Å². The fraction of sp³-hybridized carbons (Fsp3) is 0.417. The molecule has 1 atom stereocenters. The SMILES string of the molecule is O=C(NOCC1CCNC1)c1cccc(Br)c1. The third-order valence-electron chi connectivity index (χ3n) is 2.73. The van der Waals surface area contributed by atoms with Crippen molar-refractivity contribution in [3.63, 3.8) is 0 Å². The van der Waals surface area contributed by atoms with E-state index in [4.69, 9.17) is 4.84 Å². The highest BCUT2D eigenvalue weighted by atomic mass is 79.9. The lowest BCUT2D eigenvalue weighted by Crippen LogP contribution is -2.27. The highest BCUT2D eigenvalue weighted by molar-refractivity contribution is 9.10. The van der Waals surface area contributed by atoms with Crippen molar-refractivity contribution in [1.29, 1.82) is 0 Å². The van der Waals surface area contributed by atoms with Crippen molar-refractivity contribution in [2.75, 3.05) is 19.7 Å². The van der Waals surface area contributed by atoms with E-state index in [9.17, 15) is 4.79 Å². The Labute approximate surface area is 109 Å². The molecule has 0 bridgehead atoms. The largest absolute Gasteiger partial charge is 0.316 e. The normalized spacial score (nSPS) is 19.2. The third-order valence-corrected chi connectivity index (χ3v) is 3.23. The number of nitrogens with one attached hydrogen (secondary N) is 2. The Morgan fingerprint density at radius 3 is 3.18 bits per heavy atom. The molecule has 0 saturated carbocycles. The van der Waals surface area contributed by atoms with Gasteiger partial charge >= 0.3 is 0 Å². The first-order valence-corrected chi connectivity index (χ1v) is 6.43. The molecule has 1 heterocycles. The molecule has 0 aliphatic carbocycles. The van der Waals surface area contributed by atoms with Gasteiger partial charge in [-0.25, -0.2) is 5.48 Å². The zero-order valence-electron chi connectivity index (χ0n) is 9.41. The van der Waals surface area contributed by atoms with Crippen LogP contribution < -0.4 is 10.8 Å². The summed E-state index contributed by atoms with van der Waals surface area (Å²) < 4.78 is 0.880. The van der Waals surface area contributed by atoms with Gasteiger partial charge in [0.05, 0.1) is 6.61 Å². The van der Waals surface area contributed by atoms with Gasteiger partial charge in [0.2, 0.25) is 0 Å². The van der Waals surface area contributed by atoms with Crippen LogP contribution in [0.4, 0.5) is 0 Å². The number of benzene rings is 1. The summed E-state index contributed by atoms with van der Waals surface area (Å²) in [5.74, 6) is 0.287. The van der Waals surface area contributed by atoms with Gasteiger partial charge in [0.1, 0.15) is 0 Å². The summed E-state index contributed by atoms with van der Waals surface area (Å²) in [4.78, 5) is 16.9. The average molecular weight is 299 g/mol. The van der Waals surface area contributed by atoms with E-state index in [1.807, 2.05) is 12.1 Å². The predicted octanol–water partition coefficient (Wildman–Crippen LogP) is 1.72. The number of carbonyl (C=O) groups is 1. The predicted molar refractivity (Wildman–Crippen MR) is 68.5 cm³/mol. The molecule has 1 saturated heterocycles. The lowest BCUT2D eigenvalue weighted by molar-refractivity contribution is 0.0188. The van der Waals surface area contributed by atoms with Gasteiger partial charge in [0.25, 0.3) is 5.91 Å². The van der Waals surface area contributed by atoms with Crippen LogP contribution in [0.5, 0.6) is 0 Å². The molecule has 1 aromatic rings. The molecule has 0 spiro atoms. The molecular formula is C12H15BrN2O2. The fourth-order valence-corrected chi connectivity index (χ4v) is 2.17. The van der Waals surface area contributed by atoms with Gasteiger partial charge in [-0.15, -0.1) is 0 Å². The molecule has 5 heteroatoms. The molecule has 17 heavy (non-hydrogen) atoms. The van der Waals surface area contributed by atoms with E-state index in [0.717, 1.165) is 24.0 Å². The standard InChI is InChI=1S/C12H15BrN2O2/c13-11-3-1-2-10(6-11)12(16)15-17-8-9-4-5-14-7-9/h1-3,6,9,14H,4-5,7-8H2,(H,15,16). The fourth-order valence-electron chi connectivity index (χ4n) is 1.77. The zero-order chi connectivity index (χ0) is 12.1. The molecule has 92 valence electrons. The van der Waals surface area contributed by atoms with Crippen LogP contribution in [-0.2, 0) is 4.84 Å². The number of hydroxylamine groups is 1. The van der Waals surface area contributed by atoms with Crippen molar-refractivity contribution in [2.45, 2.75) is 6.42 Å². The van der Waals surface area contributed by atoms with Gasteiger partial charge in [-0.05, 0) is 37.1 Å². The second-order valence-electron chi connectivity index (χ2n) is 4.11. The summed E-state index contributed by atoms with van der Waals surface area (Å²) in [5, 5.41) is 3.25. The maximum atomic E-state index is 11.7. The molecule has 1 aliphatic rings. The quantitative estimate of drug-likeness (QED) is 0.832. The van der Waals surface area contributed by atoms with E-state index in [1.165, 1.54) is 0 Å². The first kappa shape index (κ1) is 12.5. The Kier molecular flexibility index (Phi) is 4.53. The monoisotopic (exact) mass is 298 g/mol. The van der Waals surface area contributed by atoms with E-state index in [2.05, 4.69) is 26.7 Å². The minimum absolute atomic E-state index is 0.211. The Bertz CT molecular complexity index is 392. The minimum atomic E-state index is -0.211. The molecule has 1 amide bonds. The van der Waals surface area contributed by atoms with Crippen molar-refractivity contribution >= 4 is 21.8 Å². The Hall–Kier alpha value is -0.910. The maximum absolute atomic E-state index is 11.7. The summed E-state index contributed by atoms with van der Waals surface area (Å²) >= 11 is 3.32. The van der Waals surface area contributed by atoms with Crippen LogP contribution in [0.2, 0.25) is 0 Å².